The Morgan fingerprint density at radius 2 is 2.43 bits per heavy atom. The van der Waals surface area contributed by atoms with E-state index < -0.39 is 5.97 Å². The topological polar surface area (TPSA) is 87.8 Å². The number of rotatable bonds is 4. The van der Waals surface area contributed by atoms with Crippen molar-refractivity contribution in [3.63, 3.8) is 0 Å². The molecule has 7 heteroatoms. The number of likely N-dealkylation sites (N-methyl/N-ethyl adjacent to an activating group) is 1. The lowest BCUT2D eigenvalue weighted by Crippen LogP contribution is -2.49. The van der Waals surface area contributed by atoms with E-state index in [-0.39, 0.29) is 11.8 Å². The van der Waals surface area contributed by atoms with Gasteiger partial charge in [-0.2, -0.15) is 4.98 Å². The van der Waals surface area contributed by atoms with Gasteiger partial charge in [0.2, 0.25) is 0 Å². The maximum absolute atomic E-state index is 11.2. The number of oxazole rings is 1. The summed E-state index contributed by atoms with van der Waals surface area (Å²) in [6, 6.07) is 5.27. The fourth-order valence-corrected chi connectivity index (χ4v) is 2.45. The van der Waals surface area contributed by atoms with Crippen molar-refractivity contribution in [2.24, 2.45) is 0 Å². The lowest BCUT2D eigenvalue weighted by atomic mass is 10.2. The average Bonchev–Trinajstić information content (AvgIpc) is 2.92. The van der Waals surface area contributed by atoms with E-state index in [0.717, 1.165) is 6.54 Å². The van der Waals surface area contributed by atoms with Crippen molar-refractivity contribution in [1.29, 1.82) is 0 Å². The summed E-state index contributed by atoms with van der Waals surface area (Å²) in [5.74, 6) is -1.01. The number of morpholine rings is 1. The molecule has 3 rings (SSSR count). The molecule has 0 amide bonds. The van der Waals surface area contributed by atoms with Gasteiger partial charge in [0.05, 0.1) is 12.2 Å². The molecule has 1 saturated heterocycles. The Hall–Kier alpha value is -2.12. The summed E-state index contributed by atoms with van der Waals surface area (Å²) in [6.07, 6.45) is -0.162. The molecular weight excluding hydrogens is 274 g/mol. The van der Waals surface area contributed by atoms with Gasteiger partial charge in [0.15, 0.2) is 5.58 Å². The van der Waals surface area contributed by atoms with Crippen LogP contribution in [-0.4, -0.2) is 48.5 Å². The third-order valence-corrected chi connectivity index (χ3v) is 3.48. The van der Waals surface area contributed by atoms with Gasteiger partial charge in [-0.15, -0.1) is 0 Å². The Morgan fingerprint density at radius 3 is 3.10 bits per heavy atom. The van der Waals surface area contributed by atoms with Gasteiger partial charge in [-0.05, 0) is 19.1 Å². The van der Waals surface area contributed by atoms with Crippen molar-refractivity contribution in [2.45, 2.75) is 13.2 Å². The number of para-hydroxylation sites is 1. The quantitative estimate of drug-likeness (QED) is 0.877. The monoisotopic (exact) mass is 291 g/mol. The van der Waals surface area contributed by atoms with Gasteiger partial charge in [-0.3, -0.25) is 4.90 Å². The molecular formula is C14H17N3O4. The van der Waals surface area contributed by atoms with Crippen LogP contribution < -0.4 is 10.2 Å². The standard InChI is InChI=1S/C14H17N3O4/c1-2-17(11-8-15-6-7-20-11)14-16-12-9(13(18)19)4-3-5-10(12)21-14/h3-5,11,15H,2,6-8H2,1H3,(H,18,19). The molecule has 0 saturated carbocycles. The summed E-state index contributed by atoms with van der Waals surface area (Å²) in [6.45, 7) is 4.76. The van der Waals surface area contributed by atoms with Crippen LogP contribution in [0.5, 0.6) is 0 Å². The molecule has 0 radical (unpaired) electrons. The van der Waals surface area contributed by atoms with Gasteiger partial charge in [0, 0.05) is 19.6 Å². The second-order valence-electron chi connectivity index (χ2n) is 4.77. The lowest BCUT2D eigenvalue weighted by Gasteiger charge is -2.32. The molecule has 1 aliphatic heterocycles. The molecule has 7 nitrogen and oxygen atoms in total. The van der Waals surface area contributed by atoms with Crippen LogP contribution in [0.4, 0.5) is 6.01 Å². The summed E-state index contributed by atoms with van der Waals surface area (Å²) in [5, 5.41) is 12.5. The van der Waals surface area contributed by atoms with Gasteiger partial charge in [-0.25, -0.2) is 4.79 Å². The van der Waals surface area contributed by atoms with E-state index >= 15 is 0 Å². The number of hydrogen-bond acceptors (Lipinski definition) is 6. The van der Waals surface area contributed by atoms with Crippen LogP contribution in [-0.2, 0) is 4.74 Å². The first kappa shape index (κ1) is 13.8. The molecule has 1 unspecified atom stereocenters. The highest BCUT2D eigenvalue weighted by Gasteiger charge is 2.25. The Kier molecular flexibility index (Phi) is 3.76. The fourth-order valence-electron chi connectivity index (χ4n) is 2.45. The molecule has 0 bridgehead atoms. The maximum atomic E-state index is 11.2. The van der Waals surface area contributed by atoms with Crippen LogP contribution in [0.15, 0.2) is 22.6 Å². The van der Waals surface area contributed by atoms with E-state index in [1.54, 1.807) is 12.1 Å². The van der Waals surface area contributed by atoms with Gasteiger partial charge >= 0.3 is 12.0 Å². The number of hydrogen-bond donors (Lipinski definition) is 2. The Labute approximate surface area is 121 Å². The number of fused-ring (bicyclic) bond motifs is 1. The smallest absolute Gasteiger partial charge is 0.338 e. The van der Waals surface area contributed by atoms with Crippen molar-refractivity contribution in [1.82, 2.24) is 10.3 Å². The number of aromatic carboxylic acids is 1. The summed E-state index contributed by atoms with van der Waals surface area (Å²) in [5.41, 5.74) is 0.968. The van der Waals surface area contributed by atoms with Crippen LogP contribution in [0, 0.1) is 0 Å². The number of anilines is 1. The largest absolute Gasteiger partial charge is 0.478 e. The van der Waals surface area contributed by atoms with E-state index in [9.17, 15) is 9.90 Å². The first-order valence-corrected chi connectivity index (χ1v) is 6.92. The normalized spacial score (nSPS) is 18.8. The second-order valence-corrected chi connectivity index (χ2v) is 4.77. The molecule has 1 fully saturated rings. The van der Waals surface area contributed by atoms with Crippen LogP contribution in [0.3, 0.4) is 0 Å². The van der Waals surface area contributed by atoms with E-state index in [4.69, 9.17) is 9.15 Å². The van der Waals surface area contributed by atoms with E-state index in [1.165, 1.54) is 6.07 Å². The molecule has 2 N–H and O–H groups in total. The zero-order chi connectivity index (χ0) is 14.8. The zero-order valence-electron chi connectivity index (χ0n) is 11.7. The number of nitrogens with one attached hydrogen (secondary N) is 1. The predicted molar refractivity (Wildman–Crippen MR) is 76.6 cm³/mol. The Balaban J connectivity index is 1.99. The molecule has 0 spiro atoms. The molecule has 2 heterocycles. The number of carbonyl (C=O) groups is 1. The number of carboxylic acid groups (broad SMARTS) is 1. The number of carboxylic acids is 1. The lowest BCUT2D eigenvalue weighted by molar-refractivity contribution is 0.0247. The minimum atomic E-state index is -1.01. The van der Waals surface area contributed by atoms with Crippen LogP contribution in [0.1, 0.15) is 17.3 Å². The number of benzene rings is 1. The minimum Gasteiger partial charge on any atom is -0.478 e. The molecule has 21 heavy (non-hydrogen) atoms. The fraction of sp³-hybridized carbons (Fsp3) is 0.429. The van der Waals surface area contributed by atoms with Crippen LogP contribution >= 0.6 is 0 Å². The first-order chi connectivity index (χ1) is 10.2. The molecule has 1 aromatic heterocycles. The van der Waals surface area contributed by atoms with Gasteiger partial charge < -0.3 is 19.6 Å². The van der Waals surface area contributed by atoms with Crippen LogP contribution in [0.25, 0.3) is 11.1 Å². The van der Waals surface area contributed by atoms with Gasteiger partial charge in [0.25, 0.3) is 0 Å². The third kappa shape index (κ3) is 2.57. The highest BCUT2D eigenvalue weighted by atomic mass is 16.5. The Morgan fingerprint density at radius 1 is 1.57 bits per heavy atom. The minimum absolute atomic E-state index is 0.140. The molecule has 1 aliphatic rings. The summed E-state index contributed by atoms with van der Waals surface area (Å²) >= 11 is 0. The van der Waals surface area contributed by atoms with Crippen molar-refractivity contribution in [3.8, 4) is 0 Å². The number of aromatic nitrogens is 1. The average molecular weight is 291 g/mol. The van der Waals surface area contributed by atoms with Crippen molar-refractivity contribution >= 4 is 23.1 Å². The van der Waals surface area contributed by atoms with Crippen molar-refractivity contribution in [2.75, 3.05) is 31.1 Å². The molecule has 1 aromatic carbocycles. The van der Waals surface area contributed by atoms with E-state index in [1.807, 2.05) is 11.8 Å². The van der Waals surface area contributed by atoms with Crippen molar-refractivity contribution < 1.29 is 19.1 Å². The SMILES string of the molecule is CCN(c1nc2c(C(=O)O)cccc2o1)C1CNCCO1. The third-order valence-electron chi connectivity index (χ3n) is 3.48. The highest BCUT2D eigenvalue weighted by molar-refractivity contribution is 6.00. The highest BCUT2D eigenvalue weighted by Crippen LogP contribution is 2.26. The Bertz CT molecular complexity index is 649. The zero-order valence-corrected chi connectivity index (χ0v) is 11.7. The first-order valence-electron chi connectivity index (χ1n) is 6.92. The summed E-state index contributed by atoms with van der Waals surface area (Å²) in [7, 11) is 0. The van der Waals surface area contributed by atoms with Crippen LogP contribution in [0.2, 0.25) is 0 Å². The summed E-state index contributed by atoms with van der Waals surface area (Å²) in [4.78, 5) is 17.5. The van der Waals surface area contributed by atoms with E-state index in [0.29, 0.717) is 36.8 Å². The number of nitrogens with zero attached hydrogens (tertiary/aromatic N) is 2. The van der Waals surface area contributed by atoms with Gasteiger partial charge in [0.1, 0.15) is 11.7 Å². The molecule has 1 atom stereocenters. The molecule has 0 aliphatic carbocycles. The second kappa shape index (κ2) is 5.71. The number of ether oxygens (including phenoxy) is 1. The van der Waals surface area contributed by atoms with Gasteiger partial charge in [-0.1, -0.05) is 6.07 Å². The van der Waals surface area contributed by atoms with Crippen molar-refractivity contribution in [3.05, 3.63) is 23.8 Å². The molecule has 112 valence electrons. The predicted octanol–water partition coefficient (Wildman–Crippen LogP) is 1.30. The van der Waals surface area contributed by atoms with E-state index in [2.05, 4.69) is 10.3 Å². The molecule has 2 aromatic rings. The maximum Gasteiger partial charge on any atom is 0.338 e. The summed E-state index contributed by atoms with van der Waals surface area (Å²) < 4.78 is 11.4.